The Morgan fingerprint density at radius 3 is 2.67 bits per heavy atom. The van der Waals surface area contributed by atoms with E-state index in [1.54, 1.807) is 6.26 Å². The molecule has 1 aromatic heterocycles. The van der Waals surface area contributed by atoms with Gasteiger partial charge in [0.2, 0.25) is 0 Å². The van der Waals surface area contributed by atoms with Crippen molar-refractivity contribution >= 4 is 29.9 Å². The fourth-order valence-corrected chi connectivity index (χ4v) is 4.16. The van der Waals surface area contributed by atoms with E-state index in [0.29, 0.717) is 32.1 Å². The van der Waals surface area contributed by atoms with Crippen molar-refractivity contribution in [3.63, 3.8) is 0 Å². The van der Waals surface area contributed by atoms with Crippen LogP contribution in [0.4, 0.5) is 13.2 Å². The summed E-state index contributed by atoms with van der Waals surface area (Å²) in [5.41, 5.74) is 0. The lowest BCUT2D eigenvalue weighted by Gasteiger charge is -2.25. The molecule has 0 saturated carbocycles. The number of nitrogens with zero attached hydrogens (tertiary/aromatic N) is 3. The van der Waals surface area contributed by atoms with Crippen LogP contribution in [0.25, 0.3) is 0 Å². The number of hydrogen-bond acceptors (Lipinski definition) is 4. The van der Waals surface area contributed by atoms with Gasteiger partial charge in [-0.1, -0.05) is 0 Å². The van der Waals surface area contributed by atoms with Gasteiger partial charge in [0.15, 0.2) is 5.96 Å². The second kappa shape index (κ2) is 12.1. The molecule has 1 aromatic rings. The number of halogens is 4. The summed E-state index contributed by atoms with van der Waals surface area (Å²) in [5, 5.41) is 6.56. The third-order valence-corrected chi connectivity index (χ3v) is 5.55. The van der Waals surface area contributed by atoms with E-state index in [1.807, 2.05) is 19.1 Å². The van der Waals surface area contributed by atoms with Gasteiger partial charge in [-0.3, -0.25) is 14.8 Å². The molecule has 2 unspecified atom stereocenters. The highest BCUT2D eigenvalue weighted by Crippen LogP contribution is 2.26. The van der Waals surface area contributed by atoms with Crippen LogP contribution in [0, 0.1) is 5.92 Å². The molecule has 0 spiro atoms. The number of likely N-dealkylation sites (tertiary alicyclic amines) is 2. The summed E-state index contributed by atoms with van der Waals surface area (Å²) in [7, 11) is 0. The first kappa shape index (κ1) is 25.3. The van der Waals surface area contributed by atoms with Crippen molar-refractivity contribution in [2.24, 2.45) is 10.9 Å². The minimum Gasteiger partial charge on any atom is -0.468 e. The van der Waals surface area contributed by atoms with Gasteiger partial charge in [-0.15, -0.1) is 24.0 Å². The molecule has 2 saturated heterocycles. The molecule has 3 heterocycles. The van der Waals surface area contributed by atoms with Crippen LogP contribution < -0.4 is 10.6 Å². The molecule has 0 aliphatic carbocycles. The van der Waals surface area contributed by atoms with Crippen molar-refractivity contribution in [2.45, 2.75) is 38.4 Å². The minimum absolute atomic E-state index is 0. The topological polar surface area (TPSA) is 56.0 Å². The number of guanidine groups is 1. The predicted octanol–water partition coefficient (Wildman–Crippen LogP) is 3.47. The Bertz CT molecular complexity index is 635. The molecule has 2 fully saturated rings. The monoisotopic (exact) mass is 543 g/mol. The molecule has 2 aliphatic rings. The van der Waals surface area contributed by atoms with Crippen LogP contribution in [0.5, 0.6) is 0 Å². The third kappa shape index (κ3) is 7.92. The van der Waals surface area contributed by atoms with Crippen LogP contribution in [0.1, 0.15) is 38.0 Å². The van der Waals surface area contributed by atoms with Crippen molar-refractivity contribution in [1.82, 2.24) is 20.4 Å². The zero-order chi connectivity index (χ0) is 20.7. The maximum absolute atomic E-state index is 12.6. The number of nitrogens with one attached hydrogen (secondary N) is 2. The number of hydrogen-bond donors (Lipinski definition) is 2. The van der Waals surface area contributed by atoms with Gasteiger partial charge >= 0.3 is 6.18 Å². The number of rotatable bonds is 8. The Balaban J connectivity index is 0.00000320. The molecule has 2 aliphatic heterocycles. The lowest BCUT2D eigenvalue weighted by molar-refractivity contribution is -0.143. The van der Waals surface area contributed by atoms with Gasteiger partial charge in [-0.05, 0) is 63.9 Å². The fourth-order valence-electron chi connectivity index (χ4n) is 4.16. The SMILES string of the molecule is CCNC(=NCC(c1ccco1)N1CCCC1)NCC1CCN(CC(F)(F)F)C1.I. The molecule has 30 heavy (non-hydrogen) atoms. The van der Waals surface area contributed by atoms with E-state index < -0.39 is 12.7 Å². The predicted molar refractivity (Wildman–Crippen MR) is 122 cm³/mol. The van der Waals surface area contributed by atoms with Gasteiger partial charge in [-0.25, -0.2) is 0 Å². The maximum Gasteiger partial charge on any atom is 0.401 e. The van der Waals surface area contributed by atoms with Crippen molar-refractivity contribution in [3.8, 4) is 0 Å². The number of aliphatic imine (C=N–C) groups is 1. The highest BCUT2D eigenvalue weighted by molar-refractivity contribution is 14.0. The summed E-state index contributed by atoms with van der Waals surface area (Å²) in [6, 6.07) is 4.00. The van der Waals surface area contributed by atoms with Crippen molar-refractivity contribution < 1.29 is 17.6 Å². The lowest BCUT2D eigenvalue weighted by atomic mass is 10.1. The zero-order valence-corrected chi connectivity index (χ0v) is 19.8. The van der Waals surface area contributed by atoms with Gasteiger partial charge in [0.25, 0.3) is 0 Å². The summed E-state index contributed by atoms with van der Waals surface area (Å²) in [4.78, 5) is 8.64. The Labute approximate surface area is 193 Å². The molecule has 3 rings (SSSR count). The van der Waals surface area contributed by atoms with E-state index in [-0.39, 0.29) is 35.9 Å². The van der Waals surface area contributed by atoms with E-state index in [4.69, 9.17) is 9.41 Å². The van der Waals surface area contributed by atoms with E-state index in [0.717, 1.165) is 31.8 Å². The standard InChI is InChI=1S/C20H32F3N5O.HI/c1-2-24-19(25-12-16-7-10-27(14-16)15-20(21,22)23)26-13-17(18-6-5-11-29-18)28-8-3-4-9-28;/h5-6,11,16-17H,2-4,7-10,12-15H2,1H3,(H2,24,25,26);1H. The quantitative estimate of drug-likeness (QED) is 0.299. The molecule has 6 nitrogen and oxygen atoms in total. The van der Waals surface area contributed by atoms with Crippen LogP contribution in [-0.4, -0.2) is 74.3 Å². The van der Waals surface area contributed by atoms with Gasteiger partial charge in [0.05, 0.1) is 25.4 Å². The van der Waals surface area contributed by atoms with Crippen molar-refractivity contribution in [2.75, 3.05) is 52.4 Å². The van der Waals surface area contributed by atoms with Gasteiger partial charge in [0.1, 0.15) is 5.76 Å². The molecular formula is C20H33F3IN5O. The molecular weight excluding hydrogens is 510 g/mol. The molecule has 172 valence electrons. The summed E-state index contributed by atoms with van der Waals surface area (Å²) < 4.78 is 43.4. The van der Waals surface area contributed by atoms with Crippen LogP contribution in [0.15, 0.2) is 27.8 Å². The largest absolute Gasteiger partial charge is 0.468 e. The average Bonchev–Trinajstić information content (AvgIpc) is 3.42. The molecule has 0 aromatic carbocycles. The second-order valence-corrected chi connectivity index (χ2v) is 7.88. The average molecular weight is 543 g/mol. The fraction of sp³-hybridized carbons (Fsp3) is 0.750. The minimum atomic E-state index is -4.13. The Kier molecular flexibility index (Phi) is 10.2. The maximum atomic E-state index is 12.6. The zero-order valence-electron chi connectivity index (χ0n) is 17.5. The lowest BCUT2D eigenvalue weighted by Crippen LogP contribution is -2.41. The smallest absolute Gasteiger partial charge is 0.401 e. The van der Waals surface area contributed by atoms with Gasteiger partial charge in [0, 0.05) is 19.6 Å². The van der Waals surface area contributed by atoms with Crippen LogP contribution >= 0.6 is 24.0 Å². The van der Waals surface area contributed by atoms with E-state index in [2.05, 4.69) is 15.5 Å². The molecule has 0 bridgehead atoms. The van der Waals surface area contributed by atoms with Crippen molar-refractivity contribution in [3.05, 3.63) is 24.2 Å². The van der Waals surface area contributed by atoms with E-state index in [1.165, 1.54) is 17.7 Å². The molecule has 2 atom stereocenters. The van der Waals surface area contributed by atoms with Crippen LogP contribution in [-0.2, 0) is 0 Å². The molecule has 0 radical (unpaired) electrons. The normalized spacial score (nSPS) is 22.1. The summed E-state index contributed by atoms with van der Waals surface area (Å²) >= 11 is 0. The summed E-state index contributed by atoms with van der Waals surface area (Å²) in [6.45, 7) is 6.16. The Morgan fingerprint density at radius 2 is 2.03 bits per heavy atom. The van der Waals surface area contributed by atoms with E-state index >= 15 is 0 Å². The van der Waals surface area contributed by atoms with Crippen LogP contribution in [0.2, 0.25) is 0 Å². The first-order valence-electron chi connectivity index (χ1n) is 10.5. The molecule has 0 amide bonds. The number of furan rings is 1. The summed E-state index contributed by atoms with van der Waals surface area (Å²) in [6.07, 6.45) is 0.712. The van der Waals surface area contributed by atoms with E-state index in [9.17, 15) is 13.2 Å². The second-order valence-electron chi connectivity index (χ2n) is 7.88. The van der Waals surface area contributed by atoms with Crippen LogP contribution in [0.3, 0.4) is 0 Å². The third-order valence-electron chi connectivity index (χ3n) is 5.55. The van der Waals surface area contributed by atoms with Gasteiger partial charge < -0.3 is 15.1 Å². The number of alkyl halides is 3. The van der Waals surface area contributed by atoms with Gasteiger partial charge in [-0.2, -0.15) is 13.2 Å². The summed E-state index contributed by atoms with van der Waals surface area (Å²) in [5.74, 6) is 1.82. The first-order valence-corrected chi connectivity index (χ1v) is 10.5. The Morgan fingerprint density at radius 1 is 1.27 bits per heavy atom. The highest BCUT2D eigenvalue weighted by atomic mass is 127. The highest BCUT2D eigenvalue weighted by Gasteiger charge is 2.34. The van der Waals surface area contributed by atoms with Crippen molar-refractivity contribution in [1.29, 1.82) is 0 Å². The molecule has 2 N–H and O–H groups in total. The first-order chi connectivity index (χ1) is 13.9. The molecule has 10 heteroatoms. The Hall–Kier alpha value is -1.01.